The summed E-state index contributed by atoms with van der Waals surface area (Å²) in [5, 5.41) is 22.0. The van der Waals surface area contributed by atoms with Crippen LogP contribution in [0.1, 0.15) is 48.2 Å². The van der Waals surface area contributed by atoms with Crippen LogP contribution in [0.25, 0.3) is 0 Å². The van der Waals surface area contributed by atoms with Crippen LogP contribution in [0.5, 0.6) is 0 Å². The second kappa shape index (κ2) is 17.7. The minimum atomic E-state index is -0.917. The molecule has 298 valence electrons. The molecule has 1 fully saturated rings. The molecule has 1 saturated heterocycles. The number of thiazole rings is 1. The van der Waals surface area contributed by atoms with Crippen molar-refractivity contribution in [3.63, 3.8) is 0 Å². The first kappa shape index (κ1) is 40.9. The molecule has 2 N–H and O–H groups in total. The average molecular weight is 852 g/mol. The maximum Gasteiger partial charge on any atom is 0.356 e. The van der Waals surface area contributed by atoms with Crippen LogP contribution in [-0.2, 0) is 29.5 Å². The van der Waals surface area contributed by atoms with E-state index in [1.54, 1.807) is 26.2 Å². The molecule has 2 aromatic heterocycles. The van der Waals surface area contributed by atoms with Crippen molar-refractivity contribution < 1.29 is 24.0 Å². The Morgan fingerprint density at radius 3 is 2.14 bits per heavy atom. The van der Waals surface area contributed by atoms with Crippen molar-refractivity contribution in [2.45, 2.75) is 55.3 Å². The number of allylic oxidation sites excluding steroid dienone is 1. The number of anilines is 1. The number of amides is 2. The van der Waals surface area contributed by atoms with Crippen LogP contribution < -0.4 is 10.6 Å². The van der Waals surface area contributed by atoms with Crippen molar-refractivity contribution in [1.29, 1.82) is 0 Å². The van der Waals surface area contributed by atoms with Crippen molar-refractivity contribution in [3.05, 3.63) is 147 Å². The second-order valence-corrected chi connectivity index (χ2v) is 18.6. The average Bonchev–Trinajstić information content (AvgIpc) is 3.87. The first-order chi connectivity index (χ1) is 28.0. The molecule has 12 nitrogen and oxygen atoms in total. The summed E-state index contributed by atoms with van der Waals surface area (Å²) in [6, 6.07) is 28.9. The third kappa shape index (κ3) is 8.74. The van der Waals surface area contributed by atoms with E-state index in [0.29, 0.717) is 21.5 Å². The summed E-state index contributed by atoms with van der Waals surface area (Å²) in [5.74, 6) is -0.651. The van der Waals surface area contributed by atoms with Crippen molar-refractivity contribution in [3.8, 4) is 0 Å². The number of β-lactam (4-membered cyclic amide) rings is 1. The van der Waals surface area contributed by atoms with Crippen LogP contribution >= 0.6 is 46.2 Å². The van der Waals surface area contributed by atoms with Gasteiger partial charge < -0.3 is 20.2 Å². The van der Waals surface area contributed by atoms with E-state index in [4.69, 9.17) is 14.6 Å². The SMILES string of the molecule is CON=C(C(=O)NC1C(=O)N2C(C(=O)OC(C)(C)C)=C(C=CCSc3nnc(C)s3)SCC12)c1csc(NC(c2ccccc2)(c2ccccc2)c2ccccc2)n1. The molecule has 58 heavy (non-hydrogen) atoms. The van der Waals surface area contributed by atoms with Crippen molar-refractivity contribution >= 4 is 74.8 Å². The molecule has 4 heterocycles. The Kier molecular flexibility index (Phi) is 12.5. The van der Waals surface area contributed by atoms with Gasteiger partial charge in [0.15, 0.2) is 15.2 Å². The zero-order valence-electron chi connectivity index (χ0n) is 32.4. The summed E-state index contributed by atoms with van der Waals surface area (Å²) in [6.07, 6.45) is 3.76. The molecule has 2 unspecified atom stereocenters. The van der Waals surface area contributed by atoms with Crippen LogP contribution in [0, 0.1) is 6.92 Å². The van der Waals surface area contributed by atoms with Crippen molar-refractivity contribution in [2.75, 3.05) is 23.9 Å². The topological polar surface area (TPSA) is 148 Å². The number of oxime groups is 1. The van der Waals surface area contributed by atoms with Gasteiger partial charge >= 0.3 is 5.97 Å². The fraction of sp³-hybridized carbons (Fsp3) is 0.262. The monoisotopic (exact) mass is 851 g/mol. The Hall–Kier alpha value is -5.29. The Labute approximate surface area is 353 Å². The molecule has 16 heteroatoms. The molecule has 5 aromatic rings. The second-order valence-electron chi connectivity index (χ2n) is 14.2. The number of esters is 1. The van der Waals surface area contributed by atoms with Crippen LogP contribution in [0.15, 0.2) is 129 Å². The molecule has 2 atom stereocenters. The van der Waals surface area contributed by atoms with Crippen molar-refractivity contribution in [1.82, 2.24) is 25.4 Å². The Morgan fingerprint density at radius 1 is 0.966 bits per heavy atom. The van der Waals surface area contributed by atoms with Crippen LogP contribution in [-0.4, -0.2) is 79.9 Å². The normalized spacial score (nSPS) is 17.2. The lowest BCUT2D eigenvalue weighted by Gasteiger charge is -2.50. The van der Waals surface area contributed by atoms with E-state index >= 15 is 0 Å². The van der Waals surface area contributed by atoms with Crippen LogP contribution in [0.4, 0.5) is 5.13 Å². The Morgan fingerprint density at radius 2 is 1.59 bits per heavy atom. The fourth-order valence-corrected chi connectivity index (χ4v) is 10.3. The van der Waals surface area contributed by atoms with E-state index in [1.165, 1.54) is 58.2 Å². The van der Waals surface area contributed by atoms with Gasteiger partial charge in [-0.3, -0.25) is 14.5 Å². The first-order valence-corrected chi connectivity index (χ1v) is 22.0. The highest BCUT2D eigenvalue weighted by Gasteiger charge is 2.54. The van der Waals surface area contributed by atoms with Gasteiger partial charge in [0.1, 0.15) is 40.7 Å². The summed E-state index contributed by atoms with van der Waals surface area (Å²) in [4.78, 5) is 53.5. The number of ether oxygens (including phenoxy) is 1. The molecule has 0 aliphatic carbocycles. The number of hydrogen-bond acceptors (Lipinski definition) is 14. The molecular formula is C42H41N7O5S4. The zero-order valence-corrected chi connectivity index (χ0v) is 35.6. The number of hydrogen-bond donors (Lipinski definition) is 2. The van der Waals surface area contributed by atoms with Gasteiger partial charge in [0.05, 0.1) is 6.04 Å². The number of nitrogens with one attached hydrogen (secondary N) is 2. The number of aromatic nitrogens is 3. The van der Waals surface area contributed by atoms with E-state index < -0.39 is 41.0 Å². The fourth-order valence-electron chi connectivity index (χ4n) is 6.66. The van der Waals surface area contributed by atoms with Crippen LogP contribution in [0.3, 0.4) is 0 Å². The summed E-state index contributed by atoms with van der Waals surface area (Å²) in [5.41, 5.74) is 1.66. The molecule has 0 bridgehead atoms. The molecule has 0 radical (unpaired) electrons. The lowest BCUT2D eigenvalue weighted by Crippen LogP contribution is -2.73. The number of carbonyl (C=O) groups excluding carboxylic acids is 3. The number of fused-ring (bicyclic) bond motifs is 1. The van der Waals surface area contributed by atoms with Gasteiger partial charge in [0.2, 0.25) is 0 Å². The molecule has 2 aliphatic rings. The maximum absolute atomic E-state index is 14.0. The van der Waals surface area contributed by atoms with E-state index in [2.05, 4.69) is 62.4 Å². The number of carbonyl (C=O) groups is 3. The minimum absolute atomic E-state index is 0.0964. The Balaban J connectivity index is 1.12. The van der Waals surface area contributed by atoms with Gasteiger partial charge in [0.25, 0.3) is 11.8 Å². The van der Waals surface area contributed by atoms with E-state index in [9.17, 15) is 14.4 Å². The number of rotatable bonds is 14. The molecule has 3 aromatic carbocycles. The lowest BCUT2D eigenvalue weighted by atomic mass is 9.77. The van der Waals surface area contributed by atoms with Gasteiger partial charge in [-0.1, -0.05) is 125 Å². The third-order valence-corrected chi connectivity index (χ3v) is 13.0. The molecule has 0 spiro atoms. The van der Waals surface area contributed by atoms with Gasteiger partial charge in [0, 0.05) is 21.8 Å². The van der Waals surface area contributed by atoms with Gasteiger partial charge in [-0.15, -0.1) is 33.3 Å². The Bertz CT molecular complexity index is 2260. The number of aryl methyl sites for hydroxylation is 1. The molecule has 0 saturated carbocycles. The highest BCUT2D eigenvalue weighted by atomic mass is 32.2. The lowest BCUT2D eigenvalue weighted by molar-refractivity contribution is -0.160. The standard InChI is InChI=1S/C42H41N7O5S4/c1-26-46-47-40(58-26)55-23-15-22-32-35(38(52)54-41(2,3)4)49-31(25-56-32)34(37(49)51)44-36(50)33(48-53-5)30-24-57-39(43-30)45-42(27-16-9-6-10-17-27,28-18-11-7-12-19-28)29-20-13-8-14-21-29/h6-22,24,31,34H,23,25H2,1-5H3,(H,43,45)(H,44,50). The largest absolute Gasteiger partial charge is 0.455 e. The quantitative estimate of drug-likeness (QED) is 0.0288. The van der Waals surface area contributed by atoms with Crippen molar-refractivity contribution in [2.24, 2.45) is 5.16 Å². The van der Waals surface area contributed by atoms with E-state index in [1.807, 2.05) is 73.7 Å². The molecular weight excluding hydrogens is 811 g/mol. The summed E-state index contributed by atoms with van der Waals surface area (Å²) in [6.45, 7) is 7.23. The van der Waals surface area contributed by atoms with Gasteiger partial charge in [-0.05, 0) is 50.5 Å². The van der Waals surface area contributed by atoms with Crippen LogP contribution in [0.2, 0.25) is 0 Å². The zero-order chi connectivity index (χ0) is 40.9. The minimum Gasteiger partial charge on any atom is -0.455 e. The number of nitrogens with zero attached hydrogens (tertiary/aromatic N) is 5. The van der Waals surface area contributed by atoms with Gasteiger partial charge in [-0.25, -0.2) is 9.78 Å². The third-order valence-electron chi connectivity index (χ3n) is 9.12. The number of benzene rings is 3. The first-order valence-electron chi connectivity index (χ1n) is 18.3. The summed E-state index contributed by atoms with van der Waals surface area (Å²) in [7, 11) is 1.35. The molecule has 2 amide bonds. The molecule has 2 aliphatic heterocycles. The highest BCUT2D eigenvalue weighted by Crippen LogP contribution is 2.42. The molecule has 7 rings (SSSR count). The predicted molar refractivity (Wildman–Crippen MR) is 231 cm³/mol. The maximum atomic E-state index is 14.0. The number of thioether (sulfide) groups is 2. The highest BCUT2D eigenvalue weighted by molar-refractivity contribution is 8.03. The van der Waals surface area contributed by atoms with E-state index in [0.717, 1.165) is 26.0 Å². The van der Waals surface area contributed by atoms with E-state index in [-0.39, 0.29) is 17.1 Å². The summed E-state index contributed by atoms with van der Waals surface area (Å²) >= 11 is 5.79. The smallest absolute Gasteiger partial charge is 0.356 e. The van der Waals surface area contributed by atoms with Gasteiger partial charge in [-0.2, -0.15) is 0 Å². The summed E-state index contributed by atoms with van der Waals surface area (Å²) < 4.78 is 6.60. The predicted octanol–water partition coefficient (Wildman–Crippen LogP) is 7.40.